The van der Waals surface area contributed by atoms with Crippen LogP contribution in [0, 0.1) is 0 Å². The van der Waals surface area contributed by atoms with E-state index in [1.807, 2.05) is 24.3 Å². The van der Waals surface area contributed by atoms with Crippen LogP contribution in [0.3, 0.4) is 0 Å². The van der Waals surface area contributed by atoms with Gasteiger partial charge in [-0.05, 0) is 31.2 Å². The van der Waals surface area contributed by atoms with E-state index in [1.165, 1.54) is 6.92 Å². The zero-order chi connectivity index (χ0) is 18.5. The first kappa shape index (κ1) is 17.5. The number of hydrogen-bond donors (Lipinski definition) is 0. The molecule has 0 saturated heterocycles. The highest BCUT2D eigenvalue weighted by Crippen LogP contribution is 2.30. The molecule has 0 N–H and O–H groups in total. The number of Topliss-reactive ketones (excluding diaryl/α,β-unsaturated/α-hetero) is 1. The predicted molar refractivity (Wildman–Crippen MR) is 95.8 cm³/mol. The Morgan fingerprint density at radius 3 is 2.58 bits per heavy atom. The van der Waals surface area contributed by atoms with Gasteiger partial charge < -0.3 is 18.7 Å². The average Bonchev–Trinajstić information content (AvgIpc) is 3.14. The van der Waals surface area contributed by atoms with Gasteiger partial charge in [-0.3, -0.25) is 4.79 Å². The van der Waals surface area contributed by atoms with E-state index in [0.29, 0.717) is 34.3 Å². The Morgan fingerprint density at radius 1 is 1.04 bits per heavy atom. The summed E-state index contributed by atoms with van der Waals surface area (Å²) in [6.45, 7) is 1.62. The number of benzene rings is 2. The highest BCUT2D eigenvalue weighted by Gasteiger charge is 2.14. The second-order valence-corrected chi connectivity index (χ2v) is 5.59. The number of rotatable bonds is 7. The molecule has 6 nitrogen and oxygen atoms in total. The van der Waals surface area contributed by atoms with Crippen LogP contribution in [-0.2, 0) is 6.61 Å². The van der Waals surface area contributed by atoms with Crippen molar-refractivity contribution in [2.24, 2.45) is 0 Å². The summed E-state index contributed by atoms with van der Waals surface area (Å²) in [4.78, 5) is 11.8. The largest absolute Gasteiger partial charge is 0.497 e. The fourth-order valence-corrected chi connectivity index (χ4v) is 2.55. The molecule has 0 unspecified atom stereocenters. The lowest BCUT2D eigenvalue weighted by molar-refractivity contribution is 0.101. The number of carbonyl (C=O) groups is 1. The van der Waals surface area contributed by atoms with E-state index >= 15 is 0 Å². The Bertz CT molecular complexity index is 916. The summed E-state index contributed by atoms with van der Waals surface area (Å²) in [5.74, 6) is 2.20. The minimum absolute atomic E-state index is 0.0880. The zero-order valence-corrected chi connectivity index (χ0v) is 14.8. The number of methoxy groups -OCH3 is 2. The van der Waals surface area contributed by atoms with E-state index in [-0.39, 0.29) is 12.4 Å². The first-order valence-corrected chi connectivity index (χ1v) is 8.03. The van der Waals surface area contributed by atoms with Crippen LogP contribution in [0.2, 0.25) is 0 Å². The molecule has 0 aliphatic rings. The van der Waals surface area contributed by atoms with E-state index in [0.717, 1.165) is 5.56 Å². The lowest BCUT2D eigenvalue weighted by atomic mass is 10.1. The maximum absolute atomic E-state index is 11.8. The monoisotopic (exact) mass is 353 g/mol. The number of ether oxygens (including phenoxy) is 3. The number of carbonyl (C=O) groups excluding carboxylic acids is 1. The van der Waals surface area contributed by atoms with Crippen molar-refractivity contribution >= 4 is 5.78 Å². The van der Waals surface area contributed by atoms with Gasteiger partial charge in [-0.2, -0.15) is 0 Å². The Balaban J connectivity index is 1.79. The van der Waals surface area contributed by atoms with Gasteiger partial charge in [-0.25, -0.2) is 0 Å². The van der Waals surface area contributed by atoms with Gasteiger partial charge >= 0.3 is 0 Å². The van der Waals surface area contributed by atoms with Gasteiger partial charge in [0.05, 0.1) is 19.8 Å². The third-order valence-corrected chi connectivity index (χ3v) is 3.88. The van der Waals surface area contributed by atoms with Crippen molar-refractivity contribution in [1.29, 1.82) is 0 Å². The molecule has 0 radical (unpaired) electrons. The molecular weight excluding hydrogens is 334 g/mol. The van der Waals surface area contributed by atoms with Gasteiger partial charge in [0.25, 0.3) is 0 Å². The zero-order valence-electron chi connectivity index (χ0n) is 14.8. The van der Waals surface area contributed by atoms with E-state index in [1.54, 1.807) is 38.5 Å². The van der Waals surface area contributed by atoms with Crippen molar-refractivity contribution in [2.75, 3.05) is 14.2 Å². The van der Waals surface area contributed by atoms with Crippen molar-refractivity contribution in [2.45, 2.75) is 13.5 Å². The number of para-hydroxylation sites is 1. The molecule has 0 aliphatic heterocycles. The summed E-state index contributed by atoms with van der Waals surface area (Å²) >= 11 is 0. The van der Waals surface area contributed by atoms with E-state index in [2.05, 4.69) is 5.16 Å². The molecule has 0 fully saturated rings. The van der Waals surface area contributed by atoms with Crippen molar-refractivity contribution in [1.82, 2.24) is 5.16 Å². The molecule has 0 atom stereocenters. The van der Waals surface area contributed by atoms with E-state index < -0.39 is 0 Å². The minimum atomic E-state index is -0.0880. The Morgan fingerprint density at radius 2 is 1.85 bits per heavy atom. The Kier molecular flexibility index (Phi) is 5.22. The molecule has 26 heavy (non-hydrogen) atoms. The molecule has 0 bridgehead atoms. The fraction of sp³-hybridized carbons (Fsp3) is 0.200. The minimum Gasteiger partial charge on any atom is -0.497 e. The third-order valence-electron chi connectivity index (χ3n) is 3.88. The number of aromatic nitrogens is 1. The van der Waals surface area contributed by atoms with Crippen LogP contribution in [0.25, 0.3) is 11.3 Å². The van der Waals surface area contributed by atoms with Crippen molar-refractivity contribution in [3.63, 3.8) is 0 Å². The molecule has 6 heteroatoms. The van der Waals surface area contributed by atoms with E-state index in [4.69, 9.17) is 18.7 Å². The van der Waals surface area contributed by atoms with Crippen LogP contribution < -0.4 is 14.2 Å². The summed E-state index contributed by atoms with van der Waals surface area (Å²) in [5, 5.41) is 4.07. The van der Waals surface area contributed by atoms with Crippen molar-refractivity contribution in [3.8, 4) is 28.5 Å². The summed E-state index contributed by atoms with van der Waals surface area (Å²) in [6.07, 6.45) is 0. The van der Waals surface area contributed by atoms with Crippen molar-refractivity contribution in [3.05, 3.63) is 59.9 Å². The fourth-order valence-electron chi connectivity index (χ4n) is 2.55. The first-order chi connectivity index (χ1) is 12.6. The van der Waals surface area contributed by atoms with Gasteiger partial charge in [-0.15, -0.1) is 0 Å². The standard InChI is InChI=1S/C20H19NO5/c1-13(22)16-9-8-14(23-2)11-20(16)25-12-15-10-18(21-26-15)17-6-4-5-7-19(17)24-3/h4-11H,12H2,1-3H3. The molecule has 2 aromatic carbocycles. The highest BCUT2D eigenvalue weighted by atomic mass is 16.5. The molecule has 0 saturated carbocycles. The quantitative estimate of drug-likeness (QED) is 0.595. The topological polar surface area (TPSA) is 70.8 Å². The number of nitrogens with zero attached hydrogens (tertiary/aromatic N) is 1. The smallest absolute Gasteiger partial charge is 0.174 e. The Hall–Kier alpha value is -3.28. The van der Waals surface area contributed by atoms with Crippen LogP contribution in [0.5, 0.6) is 17.2 Å². The first-order valence-electron chi connectivity index (χ1n) is 8.03. The lowest BCUT2D eigenvalue weighted by Crippen LogP contribution is -2.01. The average molecular weight is 353 g/mol. The normalized spacial score (nSPS) is 10.4. The SMILES string of the molecule is COc1ccc(C(C)=O)c(OCc2cc(-c3ccccc3OC)no2)c1. The molecule has 0 amide bonds. The second-order valence-electron chi connectivity index (χ2n) is 5.59. The summed E-state index contributed by atoms with van der Waals surface area (Å²) in [5.41, 5.74) is 1.96. The molecule has 0 aliphatic carbocycles. The summed E-state index contributed by atoms with van der Waals surface area (Å²) in [6, 6.07) is 14.4. The van der Waals surface area contributed by atoms with Gasteiger partial charge in [-0.1, -0.05) is 17.3 Å². The number of hydrogen-bond acceptors (Lipinski definition) is 6. The molecular formula is C20H19NO5. The van der Waals surface area contributed by atoms with Crippen LogP contribution in [0.1, 0.15) is 23.0 Å². The van der Waals surface area contributed by atoms with Crippen LogP contribution in [-0.4, -0.2) is 25.2 Å². The van der Waals surface area contributed by atoms with Gasteiger partial charge in [0, 0.05) is 17.7 Å². The Labute approximate surface area is 151 Å². The van der Waals surface area contributed by atoms with Gasteiger partial charge in [0.2, 0.25) is 0 Å². The van der Waals surface area contributed by atoms with Crippen LogP contribution in [0.4, 0.5) is 0 Å². The number of ketones is 1. The molecule has 1 heterocycles. The maximum Gasteiger partial charge on any atom is 0.174 e. The summed E-state index contributed by atoms with van der Waals surface area (Å²) in [7, 11) is 3.16. The van der Waals surface area contributed by atoms with Crippen molar-refractivity contribution < 1.29 is 23.5 Å². The third kappa shape index (κ3) is 3.69. The van der Waals surface area contributed by atoms with E-state index in [9.17, 15) is 4.79 Å². The highest BCUT2D eigenvalue weighted by molar-refractivity contribution is 5.97. The lowest BCUT2D eigenvalue weighted by Gasteiger charge is -2.10. The van der Waals surface area contributed by atoms with Crippen LogP contribution in [0.15, 0.2) is 53.1 Å². The van der Waals surface area contributed by atoms with Crippen LogP contribution >= 0.6 is 0 Å². The molecule has 3 rings (SSSR count). The molecule has 1 aromatic heterocycles. The van der Waals surface area contributed by atoms with Gasteiger partial charge in [0.15, 0.2) is 11.5 Å². The second kappa shape index (κ2) is 7.74. The predicted octanol–water partition coefficient (Wildman–Crippen LogP) is 4.14. The maximum atomic E-state index is 11.8. The summed E-state index contributed by atoms with van der Waals surface area (Å²) < 4.78 is 21.6. The molecule has 3 aromatic rings. The molecule has 134 valence electrons. The molecule has 0 spiro atoms. The van der Waals surface area contributed by atoms with Gasteiger partial charge in [0.1, 0.15) is 29.5 Å².